The van der Waals surface area contributed by atoms with Gasteiger partial charge in [0.1, 0.15) is 30.3 Å². The summed E-state index contributed by atoms with van der Waals surface area (Å²) < 4.78 is 30.4. The quantitative estimate of drug-likeness (QED) is 0.206. The molecule has 0 spiro atoms. The second-order valence-corrected chi connectivity index (χ2v) is 15.1. The van der Waals surface area contributed by atoms with E-state index in [1.54, 1.807) is 26.8 Å². The second-order valence-electron chi connectivity index (χ2n) is 15.1. The molecule has 0 bridgehead atoms. The molecule has 10 heteroatoms. The van der Waals surface area contributed by atoms with Gasteiger partial charge in [-0.05, 0) is 61.9 Å². The molecule has 6 rings (SSSR count). The summed E-state index contributed by atoms with van der Waals surface area (Å²) in [5, 5.41) is 29.3. The van der Waals surface area contributed by atoms with Crippen molar-refractivity contribution in [3.63, 3.8) is 0 Å². The minimum Gasteiger partial charge on any atom is -0.489 e. The molecule has 3 aromatic rings. The topological polar surface area (TPSA) is 138 Å². The van der Waals surface area contributed by atoms with Crippen LogP contribution in [0.5, 0.6) is 5.75 Å². The first-order valence-electron chi connectivity index (χ1n) is 16.9. The molecule has 0 radical (unpaired) electrons. The number of aliphatic hydroxyl groups is 2. The Morgan fingerprint density at radius 2 is 1.76 bits per heavy atom. The van der Waals surface area contributed by atoms with E-state index in [9.17, 15) is 19.8 Å². The van der Waals surface area contributed by atoms with Crippen molar-refractivity contribution in [1.29, 1.82) is 0 Å². The molecule has 3 fully saturated rings. The first kappa shape index (κ1) is 35.0. The van der Waals surface area contributed by atoms with Crippen LogP contribution in [0.3, 0.4) is 0 Å². The maximum absolute atomic E-state index is 14.4. The van der Waals surface area contributed by atoms with Crippen LogP contribution >= 0.6 is 0 Å². The Morgan fingerprint density at radius 1 is 1.06 bits per heavy atom. The summed E-state index contributed by atoms with van der Waals surface area (Å²) in [5.74, 6) is -0.666. The molecule has 2 aromatic carbocycles. The fourth-order valence-electron chi connectivity index (χ4n) is 9.06. The van der Waals surface area contributed by atoms with E-state index in [1.165, 1.54) is 13.0 Å². The Bertz CT molecular complexity index is 1700. The molecule has 1 saturated heterocycles. The number of carbonyl (C=O) groups excluding carboxylic acids is 2. The van der Waals surface area contributed by atoms with E-state index in [1.807, 2.05) is 68.4 Å². The second kappa shape index (κ2) is 12.5. The van der Waals surface area contributed by atoms with Gasteiger partial charge in [-0.3, -0.25) is 9.59 Å². The highest BCUT2D eigenvalue weighted by atomic mass is 16.6. The van der Waals surface area contributed by atoms with E-state index < -0.39 is 63.6 Å². The normalized spacial score (nSPS) is 35.1. The highest BCUT2D eigenvalue weighted by Crippen LogP contribution is 2.67. The number of benzene rings is 2. The summed E-state index contributed by atoms with van der Waals surface area (Å²) in [4.78, 5) is 26.8. The number of aromatic nitrogens is 1. The Morgan fingerprint density at radius 3 is 2.41 bits per heavy atom. The molecule has 0 unspecified atom stereocenters. The van der Waals surface area contributed by atoms with Gasteiger partial charge in [0.15, 0.2) is 23.2 Å². The number of rotatable bonds is 9. The van der Waals surface area contributed by atoms with Crippen LogP contribution in [-0.4, -0.2) is 62.2 Å². The smallest absolute Gasteiger partial charge is 0.303 e. The first-order chi connectivity index (χ1) is 23.1. The van der Waals surface area contributed by atoms with E-state index in [4.69, 9.17) is 23.5 Å². The Kier molecular flexibility index (Phi) is 8.93. The number of ketones is 1. The average molecular weight is 674 g/mol. The number of aliphatic hydroxyl groups excluding tert-OH is 1. The molecule has 3 aliphatic rings. The zero-order valence-corrected chi connectivity index (χ0v) is 29.1. The lowest BCUT2D eigenvalue weighted by Crippen LogP contribution is -2.86. The maximum atomic E-state index is 14.4. The van der Waals surface area contributed by atoms with Gasteiger partial charge < -0.3 is 33.7 Å². The third-order valence-corrected chi connectivity index (χ3v) is 11.4. The summed E-state index contributed by atoms with van der Waals surface area (Å²) in [6, 6.07) is 19.3. The van der Waals surface area contributed by atoms with E-state index >= 15 is 0 Å². The van der Waals surface area contributed by atoms with Crippen molar-refractivity contribution in [2.75, 3.05) is 0 Å². The van der Waals surface area contributed by atoms with Crippen LogP contribution in [0, 0.1) is 16.7 Å². The molecule has 2 saturated carbocycles. The van der Waals surface area contributed by atoms with E-state index in [-0.39, 0.29) is 13.0 Å². The summed E-state index contributed by atoms with van der Waals surface area (Å²) >= 11 is 0. The van der Waals surface area contributed by atoms with Crippen LogP contribution in [0.2, 0.25) is 0 Å². The van der Waals surface area contributed by atoms with Crippen molar-refractivity contribution in [3.05, 3.63) is 84.6 Å². The highest BCUT2D eigenvalue weighted by Gasteiger charge is 2.81. The van der Waals surface area contributed by atoms with Crippen molar-refractivity contribution >= 4 is 11.8 Å². The Labute approximate surface area is 287 Å². The first-order valence-corrected chi connectivity index (χ1v) is 16.9. The van der Waals surface area contributed by atoms with Crippen LogP contribution in [0.15, 0.2) is 77.8 Å². The number of hydrogen-bond donors (Lipinski definition) is 2. The summed E-state index contributed by atoms with van der Waals surface area (Å²) in [6.45, 7) is 14.6. The average Bonchev–Trinajstić information content (AvgIpc) is 3.53. The molecule has 0 amide bonds. The highest BCUT2D eigenvalue weighted by molar-refractivity contribution is 5.92. The predicted molar refractivity (Wildman–Crippen MR) is 180 cm³/mol. The molecule has 49 heavy (non-hydrogen) atoms. The van der Waals surface area contributed by atoms with Gasteiger partial charge in [-0.25, -0.2) is 0 Å². The molecule has 8 atom stereocenters. The number of ether oxygens (including phenoxy) is 4. The Hall–Kier alpha value is -3.83. The van der Waals surface area contributed by atoms with E-state index in [0.29, 0.717) is 30.9 Å². The van der Waals surface area contributed by atoms with Crippen LogP contribution in [0.25, 0.3) is 11.3 Å². The minimum absolute atomic E-state index is 0.00829. The van der Waals surface area contributed by atoms with Crippen molar-refractivity contribution in [2.45, 2.75) is 109 Å². The third kappa shape index (κ3) is 5.72. The van der Waals surface area contributed by atoms with Crippen molar-refractivity contribution in [1.82, 2.24) is 5.16 Å². The molecular formula is C39H47NO9. The summed E-state index contributed by atoms with van der Waals surface area (Å²) in [5.41, 5.74) is -4.60. The minimum atomic E-state index is -2.20. The lowest BCUT2D eigenvalue weighted by Gasteiger charge is -2.71. The Balaban J connectivity index is 1.26. The fourth-order valence-corrected chi connectivity index (χ4v) is 9.06. The fraction of sp³-hybridized carbons (Fsp3) is 0.513. The molecule has 2 aliphatic carbocycles. The monoisotopic (exact) mass is 673 g/mol. The van der Waals surface area contributed by atoms with Crippen molar-refractivity contribution in [2.24, 2.45) is 16.7 Å². The number of nitrogens with zero attached hydrogens (tertiary/aromatic N) is 1. The SMILES string of the molecule is C=C[C@@]1(C)CC(=O)[C@]2(O)[C@@]3(C)[C@@H](OCc4cc(-c5ccc(OCc6ccccc6)cc5)no4)CCC(C)(C)[C@@H]3[C@H](O)[C@H](OC(C)=O)[C@@]2(C)O1. The maximum Gasteiger partial charge on any atom is 0.303 e. The van der Waals surface area contributed by atoms with E-state index in [0.717, 1.165) is 16.9 Å². The van der Waals surface area contributed by atoms with Gasteiger partial charge in [-0.2, -0.15) is 0 Å². The lowest BCUT2D eigenvalue weighted by atomic mass is 9.39. The number of esters is 1. The lowest BCUT2D eigenvalue weighted by molar-refractivity contribution is -0.373. The standard InChI is InChI=1S/C39H47NO9/c1-8-36(5)21-30(42)39(44)37(6)31(18-19-35(3,4)33(37)32(43)34(47-24(2)41)38(39,7)49-36)46-23-28-20-29(40-48-28)26-14-16-27(17-15-26)45-22-25-12-10-9-11-13-25/h8-17,20,31-34,43-44H,1,18-19,21-23H2,2-7H3/t31-,32-,33-,34-,36-,37-,38+,39-/m0/s1. The number of fused-ring (bicyclic) bond motifs is 3. The van der Waals surface area contributed by atoms with Crippen molar-refractivity contribution in [3.8, 4) is 17.0 Å². The molecule has 2 heterocycles. The van der Waals surface area contributed by atoms with Gasteiger partial charge in [-0.1, -0.05) is 62.3 Å². The van der Waals surface area contributed by atoms with Gasteiger partial charge in [0.2, 0.25) is 0 Å². The van der Waals surface area contributed by atoms with Gasteiger partial charge in [-0.15, -0.1) is 6.58 Å². The van der Waals surface area contributed by atoms with Gasteiger partial charge >= 0.3 is 5.97 Å². The zero-order valence-electron chi connectivity index (χ0n) is 29.1. The molecule has 1 aliphatic heterocycles. The van der Waals surface area contributed by atoms with E-state index in [2.05, 4.69) is 11.7 Å². The van der Waals surface area contributed by atoms with Gasteiger partial charge in [0.05, 0.1) is 17.8 Å². The zero-order chi connectivity index (χ0) is 35.4. The largest absolute Gasteiger partial charge is 0.489 e. The number of Topliss-reactive ketones (excluding diaryl/α,β-unsaturated/α-hetero) is 1. The predicted octanol–water partition coefficient (Wildman–Crippen LogP) is 5.98. The summed E-state index contributed by atoms with van der Waals surface area (Å²) in [6.07, 6.45) is -0.860. The molecule has 10 nitrogen and oxygen atoms in total. The molecule has 1 aromatic heterocycles. The molecular weight excluding hydrogens is 626 g/mol. The summed E-state index contributed by atoms with van der Waals surface area (Å²) in [7, 11) is 0. The van der Waals surface area contributed by atoms with Crippen LogP contribution in [0.1, 0.15) is 72.1 Å². The molecule has 262 valence electrons. The van der Waals surface area contributed by atoms with Crippen LogP contribution in [-0.2, 0) is 37.0 Å². The van der Waals surface area contributed by atoms with Crippen LogP contribution < -0.4 is 4.74 Å². The van der Waals surface area contributed by atoms with Gasteiger partial charge in [0.25, 0.3) is 0 Å². The number of carbonyl (C=O) groups is 2. The third-order valence-electron chi connectivity index (χ3n) is 11.4. The molecule has 2 N–H and O–H groups in total. The number of hydrogen-bond acceptors (Lipinski definition) is 10. The van der Waals surface area contributed by atoms with Crippen molar-refractivity contribution < 1.29 is 43.3 Å². The van der Waals surface area contributed by atoms with Crippen LogP contribution in [0.4, 0.5) is 0 Å². The van der Waals surface area contributed by atoms with Gasteiger partial charge in [0, 0.05) is 36.3 Å².